The van der Waals surface area contributed by atoms with Gasteiger partial charge < -0.3 is 18.0 Å². The molecular formula is C126H80N8O2. The van der Waals surface area contributed by atoms with Crippen LogP contribution in [0.1, 0.15) is 0 Å². The fourth-order valence-corrected chi connectivity index (χ4v) is 19.7. The second kappa shape index (κ2) is 34.2. The predicted molar refractivity (Wildman–Crippen MR) is 559 cm³/mol. The molecule has 0 atom stereocenters. The standard InChI is InChI=1S/2C63H40N4O/c1-6-19-41(20-7-1)45-33-35-48(42-21-8-2-9-22-42)53(37-45)46-34-36-49(56(38-46)63-65-61(43-23-10-3-11-24-43)64-62(66-63)44-25-12-4-13-26-44)51-30-18-31-52-55-39-58-54(40-59(55)68-60(51)52)50-29-16-17-32-57(50)67(58)47-27-14-5-15-28-47;1-6-18-41(19-7-1)45-30-33-49(42-20-8-2-9-21-42)53(36-45)46-31-34-50(56(37-46)63-65-61(43-22-10-3-11-23-43)64-62(66-63)44-24-12-4-13-25-44)47-32-35-52-55-39-58-54(40-60(55)68-59(52)38-47)51-28-16-17-29-57(51)67(58)48-26-14-5-15-27-48/h2*1-40H. The first-order valence-electron chi connectivity index (χ1n) is 45.8. The fourth-order valence-electron chi connectivity index (χ4n) is 19.7. The minimum Gasteiger partial charge on any atom is -0.456 e. The van der Waals surface area contributed by atoms with Crippen molar-refractivity contribution in [3.05, 3.63) is 485 Å². The average Bonchev–Trinajstić information content (AvgIpc) is 1.56. The zero-order chi connectivity index (χ0) is 89.9. The molecule has 6 aromatic heterocycles. The highest BCUT2D eigenvalue weighted by atomic mass is 16.3. The number of hydrogen-bond donors (Lipinski definition) is 0. The van der Waals surface area contributed by atoms with E-state index >= 15 is 0 Å². The number of nitrogens with zero attached hydrogens (tertiary/aromatic N) is 8. The van der Waals surface area contributed by atoms with Crippen molar-refractivity contribution in [2.45, 2.75) is 0 Å². The van der Waals surface area contributed by atoms with Crippen molar-refractivity contribution in [3.8, 4) is 169 Å². The number of furan rings is 2. The molecule has 0 fully saturated rings. The summed E-state index contributed by atoms with van der Waals surface area (Å²) >= 11 is 0. The Morgan fingerprint density at radius 2 is 0.441 bits per heavy atom. The van der Waals surface area contributed by atoms with Gasteiger partial charge in [0.25, 0.3) is 0 Å². The number of rotatable bonds is 16. The highest BCUT2D eigenvalue weighted by Crippen LogP contribution is 2.49. The van der Waals surface area contributed by atoms with Crippen LogP contribution < -0.4 is 0 Å². The summed E-state index contributed by atoms with van der Waals surface area (Å²) in [5, 5.41) is 8.86. The molecular weight excluding hydrogens is 1660 g/mol. The molecule has 0 bridgehead atoms. The first kappa shape index (κ1) is 79.8. The molecule has 6 heterocycles. The van der Waals surface area contributed by atoms with Crippen LogP contribution in [0, 0.1) is 0 Å². The molecule has 0 saturated heterocycles. The number of hydrogen-bond acceptors (Lipinski definition) is 8. The summed E-state index contributed by atoms with van der Waals surface area (Å²) in [6, 6.07) is 170. The van der Waals surface area contributed by atoms with Crippen LogP contribution in [0.5, 0.6) is 0 Å². The molecule has 0 amide bonds. The Morgan fingerprint density at radius 1 is 0.140 bits per heavy atom. The minimum absolute atomic E-state index is 0.567. The molecule has 10 nitrogen and oxygen atoms in total. The van der Waals surface area contributed by atoms with Gasteiger partial charge in [-0.1, -0.05) is 388 Å². The monoisotopic (exact) mass is 1740 g/mol. The van der Waals surface area contributed by atoms with Crippen LogP contribution in [0.4, 0.5) is 0 Å². The molecule has 0 N–H and O–H groups in total. The second-order valence-corrected chi connectivity index (χ2v) is 34.3. The molecule has 0 aliphatic rings. The number of aromatic nitrogens is 8. The van der Waals surface area contributed by atoms with Crippen molar-refractivity contribution < 1.29 is 8.83 Å². The van der Waals surface area contributed by atoms with Crippen molar-refractivity contribution in [1.29, 1.82) is 0 Å². The molecule has 0 aliphatic carbocycles. The minimum atomic E-state index is 0.567. The van der Waals surface area contributed by atoms with Gasteiger partial charge in [-0.25, -0.2) is 29.9 Å². The van der Waals surface area contributed by atoms with Gasteiger partial charge in [0.15, 0.2) is 34.9 Å². The molecule has 0 unspecified atom stereocenters. The first-order valence-corrected chi connectivity index (χ1v) is 45.8. The molecule has 136 heavy (non-hydrogen) atoms. The van der Waals surface area contributed by atoms with E-state index in [9.17, 15) is 0 Å². The van der Waals surface area contributed by atoms with Gasteiger partial charge in [-0.2, -0.15) is 0 Å². The quantitative estimate of drug-likeness (QED) is 0.0940. The van der Waals surface area contributed by atoms with E-state index in [4.69, 9.17) is 38.7 Å². The van der Waals surface area contributed by atoms with E-state index in [2.05, 4.69) is 422 Å². The highest BCUT2D eigenvalue weighted by Gasteiger charge is 2.27. The zero-order valence-corrected chi connectivity index (χ0v) is 73.6. The number of para-hydroxylation sites is 5. The van der Waals surface area contributed by atoms with Gasteiger partial charge >= 0.3 is 0 Å². The van der Waals surface area contributed by atoms with Crippen molar-refractivity contribution in [2.75, 3.05) is 0 Å². The lowest BCUT2D eigenvalue weighted by Gasteiger charge is -2.17. The third-order valence-corrected chi connectivity index (χ3v) is 26.2. The topological polar surface area (TPSA) is 113 Å². The van der Waals surface area contributed by atoms with E-state index in [0.29, 0.717) is 34.9 Å². The largest absolute Gasteiger partial charge is 0.456 e. The molecule has 636 valence electrons. The van der Waals surface area contributed by atoms with Crippen LogP contribution in [0.25, 0.3) is 256 Å². The van der Waals surface area contributed by atoms with Crippen LogP contribution in [0.3, 0.4) is 0 Å². The third kappa shape index (κ3) is 14.6. The maximum Gasteiger partial charge on any atom is 0.164 e. The zero-order valence-electron chi connectivity index (χ0n) is 73.6. The van der Waals surface area contributed by atoms with E-state index in [1.807, 2.05) is 72.8 Å². The Morgan fingerprint density at radius 3 is 0.868 bits per heavy atom. The maximum absolute atomic E-state index is 7.08. The van der Waals surface area contributed by atoms with Gasteiger partial charge in [-0.15, -0.1) is 0 Å². The van der Waals surface area contributed by atoms with Crippen molar-refractivity contribution in [2.24, 2.45) is 0 Å². The SMILES string of the molecule is c1ccc(-c2ccc(-c3ccccc3)c(-c3ccc(-c4ccc5c(c4)oc4cc6c7ccccc7n(-c7ccccc7)c6cc45)c(-c4nc(-c5ccccc5)nc(-c5ccccc5)n4)c3)c2)cc1.c1ccc(-c2ccc(-c3ccccc3)c(-c3ccc(-c4cccc5c4oc4cc6c7ccccc7n(-c7ccccc7)c6cc45)c(-c4nc(-c5ccccc5)nc(-c5ccccc5)n4)c3)c2)cc1. The van der Waals surface area contributed by atoms with Gasteiger partial charge in [-0.05, 0) is 181 Å². The lowest BCUT2D eigenvalue weighted by molar-refractivity contribution is 0.669. The first-order chi connectivity index (χ1) is 67.4. The molecule has 10 heteroatoms. The number of fused-ring (bicyclic) bond motifs is 12. The van der Waals surface area contributed by atoms with E-state index < -0.39 is 0 Å². The van der Waals surface area contributed by atoms with Gasteiger partial charge in [0, 0.05) is 93.4 Å². The molecule has 26 rings (SSSR count). The molecule has 26 aromatic rings. The van der Waals surface area contributed by atoms with E-state index in [-0.39, 0.29) is 0 Å². The molecule has 0 saturated carbocycles. The van der Waals surface area contributed by atoms with Gasteiger partial charge in [0.05, 0.1) is 22.1 Å². The third-order valence-electron chi connectivity index (χ3n) is 26.2. The van der Waals surface area contributed by atoms with Crippen molar-refractivity contribution in [1.82, 2.24) is 39.0 Å². The van der Waals surface area contributed by atoms with Crippen LogP contribution in [0.15, 0.2) is 494 Å². The van der Waals surface area contributed by atoms with Crippen LogP contribution in [-0.2, 0) is 0 Å². The summed E-state index contributed by atoms with van der Waals surface area (Å²) in [5.41, 5.74) is 32.8. The molecule has 20 aromatic carbocycles. The summed E-state index contributed by atoms with van der Waals surface area (Å²) in [4.78, 5) is 31.4. The van der Waals surface area contributed by atoms with E-state index in [1.54, 1.807) is 0 Å². The Bertz CT molecular complexity index is 8930. The highest BCUT2D eigenvalue weighted by molar-refractivity contribution is 6.20. The smallest absolute Gasteiger partial charge is 0.164 e. The van der Waals surface area contributed by atoms with E-state index in [1.165, 1.54) is 10.8 Å². The Hall–Kier alpha value is -18.4. The summed E-state index contributed by atoms with van der Waals surface area (Å²) < 4.78 is 18.6. The van der Waals surface area contributed by atoms with Gasteiger partial charge in [0.2, 0.25) is 0 Å². The summed E-state index contributed by atoms with van der Waals surface area (Å²) in [6.07, 6.45) is 0. The van der Waals surface area contributed by atoms with Crippen LogP contribution in [0.2, 0.25) is 0 Å². The van der Waals surface area contributed by atoms with Crippen LogP contribution >= 0.6 is 0 Å². The van der Waals surface area contributed by atoms with Gasteiger partial charge in [0.1, 0.15) is 22.3 Å². The van der Waals surface area contributed by atoms with Crippen molar-refractivity contribution >= 4 is 87.5 Å². The summed E-state index contributed by atoms with van der Waals surface area (Å²) in [6.45, 7) is 0. The molecule has 0 radical (unpaired) electrons. The number of benzene rings is 20. The average molecular weight is 1740 g/mol. The predicted octanol–water partition coefficient (Wildman–Crippen LogP) is 33.1. The summed E-state index contributed by atoms with van der Waals surface area (Å²) in [5.74, 6) is 3.55. The van der Waals surface area contributed by atoms with Gasteiger partial charge in [-0.3, -0.25) is 0 Å². The van der Waals surface area contributed by atoms with E-state index in [0.717, 1.165) is 210 Å². The Kier molecular flexibility index (Phi) is 20.0. The maximum atomic E-state index is 7.08. The fraction of sp³-hybridized carbons (Fsp3) is 0. The van der Waals surface area contributed by atoms with Crippen molar-refractivity contribution in [3.63, 3.8) is 0 Å². The second-order valence-electron chi connectivity index (χ2n) is 34.3. The lowest BCUT2D eigenvalue weighted by Crippen LogP contribution is -2.01. The Labute approximate surface area is 784 Å². The Balaban J connectivity index is 0.000000145. The normalized spacial score (nSPS) is 11.5. The van der Waals surface area contributed by atoms with Crippen LogP contribution in [-0.4, -0.2) is 39.0 Å². The molecule has 0 aliphatic heterocycles. The lowest BCUT2D eigenvalue weighted by atomic mass is 9.88. The molecule has 0 spiro atoms. The summed E-state index contributed by atoms with van der Waals surface area (Å²) in [7, 11) is 0.